The van der Waals surface area contributed by atoms with Gasteiger partial charge in [-0.15, -0.1) is 0 Å². The second kappa shape index (κ2) is 3.84. The Kier molecular flexibility index (Phi) is 2.54. The van der Waals surface area contributed by atoms with Gasteiger partial charge in [0, 0.05) is 5.56 Å². The van der Waals surface area contributed by atoms with E-state index in [1.807, 2.05) is 7.05 Å². The van der Waals surface area contributed by atoms with Crippen LogP contribution in [0.2, 0.25) is 0 Å². The molecule has 0 unspecified atom stereocenters. The molecule has 2 rings (SSSR count). The lowest BCUT2D eigenvalue weighted by atomic mass is 10.1. The zero-order valence-electron chi connectivity index (χ0n) is 7.97. The van der Waals surface area contributed by atoms with E-state index in [-0.39, 0.29) is 12.6 Å². The molecule has 1 aromatic rings. The highest BCUT2D eigenvalue weighted by Gasteiger charge is 2.20. The molecule has 4 heteroatoms. The summed E-state index contributed by atoms with van der Waals surface area (Å²) in [5, 5.41) is 2.97. The van der Waals surface area contributed by atoms with Gasteiger partial charge in [-0.3, -0.25) is 0 Å². The smallest absolute Gasteiger partial charge is 0.231 e. The lowest BCUT2D eigenvalue weighted by Crippen LogP contribution is -2.11. The highest BCUT2D eigenvalue weighted by Crippen LogP contribution is 2.36. The van der Waals surface area contributed by atoms with Gasteiger partial charge in [0.05, 0.1) is 0 Å². The molecule has 0 saturated heterocycles. The molecule has 1 aliphatic heterocycles. The zero-order chi connectivity index (χ0) is 9.97. The molecule has 0 amide bonds. The molecular formula is C10H12FNO2. The monoisotopic (exact) mass is 197 g/mol. The van der Waals surface area contributed by atoms with Crippen molar-refractivity contribution in [2.45, 2.75) is 6.42 Å². The predicted molar refractivity (Wildman–Crippen MR) is 50.2 cm³/mol. The highest BCUT2D eigenvalue weighted by atomic mass is 19.1. The number of hydrogen-bond donors (Lipinski definition) is 1. The summed E-state index contributed by atoms with van der Waals surface area (Å²) in [7, 11) is 1.83. The average Bonchev–Trinajstić information content (AvgIpc) is 2.64. The molecule has 0 aromatic heterocycles. The third-order valence-corrected chi connectivity index (χ3v) is 2.21. The summed E-state index contributed by atoms with van der Waals surface area (Å²) < 4.78 is 23.8. The van der Waals surface area contributed by atoms with Crippen LogP contribution in [0.5, 0.6) is 11.5 Å². The lowest BCUT2D eigenvalue weighted by Gasteiger charge is -2.06. The summed E-state index contributed by atoms with van der Waals surface area (Å²) in [5.74, 6) is 0.960. The first-order valence-corrected chi connectivity index (χ1v) is 4.54. The van der Waals surface area contributed by atoms with Gasteiger partial charge in [-0.2, -0.15) is 0 Å². The predicted octanol–water partition coefficient (Wildman–Crippen LogP) is 1.32. The molecule has 1 aliphatic rings. The number of likely N-dealkylation sites (N-methyl/N-ethyl adjacent to an activating group) is 1. The molecule has 0 fully saturated rings. The fraction of sp³-hybridized carbons (Fsp3) is 0.400. The van der Waals surface area contributed by atoms with E-state index >= 15 is 0 Å². The van der Waals surface area contributed by atoms with Crippen molar-refractivity contribution >= 4 is 0 Å². The minimum Gasteiger partial charge on any atom is -0.454 e. The number of hydrogen-bond acceptors (Lipinski definition) is 3. The summed E-state index contributed by atoms with van der Waals surface area (Å²) in [6.07, 6.45) is 0.606. The zero-order valence-corrected chi connectivity index (χ0v) is 7.97. The lowest BCUT2D eigenvalue weighted by molar-refractivity contribution is 0.173. The fourth-order valence-electron chi connectivity index (χ4n) is 1.49. The molecular weight excluding hydrogens is 185 g/mol. The van der Waals surface area contributed by atoms with Crippen molar-refractivity contribution in [1.29, 1.82) is 0 Å². The van der Waals surface area contributed by atoms with Crippen LogP contribution in [0.25, 0.3) is 0 Å². The van der Waals surface area contributed by atoms with Gasteiger partial charge < -0.3 is 14.8 Å². The van der Waals surface area contributed by atoms with Crippen molar-refractivity contribution in [1.82, 2.24) is 5.32 Å². The summed E-state index contributed by atoms with van der Waals surface area (Å²) in [5.41, 5.74) is 0.592. The Morgan fingerprint density at radius 2 is 2.29 bits per heavy atom. The summed E-state index contributed by atoms with van der Waals surface area (Å²) in [6, 6.07) is 3.01. The SMILES string of the molecule is CNCCc1c(F)ccc2c1OCO2. The number of fused-ring (bicyclic) bond motifs is 1. The van der Waals surface area contributed by atoms with E-state index in [9.17, 15) is 4.39 Å². The fourth-order valence-corrected chi connectivity index (χ4v) is 1.49. The number of rotatable bonds is 3. The minimum atomic E-state index is -0.232. The van der Waals surface area contributed by atoms with Crippen molar-refractivity contribution < 1.29 is 13.9 Å². The van der Waals surface area contributed by atoms with Gasteiger partial charge in [-0.05, 0) is 32.1 Å². The molecule has 76 valence electrons. The van der Waals surface area contributed by atoms with Crippen molar-refractivity contribution in [2.24, 2.45) is 0 Å². The maximum Gasteiger partial charge on any atom is 0.231 e. The second-order valence-corrected chi connectivity index (χ2v) is 3.11. The van der Waals surface area contributed by atoms with Crippen molar-refractivity contribution in [3.63, 3.8) is 0 Å². The Bertz CT molecular complexity index is 341. The normalized spacial score (nSPS) is 13.3. The Balaban J connectivity index is 2.31. The molecule has 0 spiro atoms. The number of ether oxygens (including phenoxy) is 2. The molecule has 0 bridgehead atoms. The van der Waals surface area contributed by atoms with Crippen LogP contribution in [0, 0.1) is 5.82 Å². The molecule has 3 nitrogen and oxygen atoms in total. The van der Waals surface area contributed by atoms with Crippen molar-refractivity contribution in [3.8, 4) is 11.5 Å². The molecule has 0 radical (unpaired) electrons. The molecule has 0 aliphatic carbocycles. The maximum atomic E-state index is 13.4. The quantitative estimate of drug-likeness (QED) is 0.792. The van der Waals surface area contributed by atoms with E-state index in [0.29, 0.717) is 23.5 Å². The van der Waals surface area contributed by atoms with Crippen molar-refractivity contribution in [3.05, 3.63) is 23.5 Å². The highest BCUT2D eigenvalue weighted by molar-refractivity contribution is 5.49. The van der Waals surface area contributed by atoms with Gasteiger partial charge in [0.25, 0.3) is 0 Å². The van der Waals surface area contributed by atoms with Crippen LogP contribution < -0.4 is 14.8 Å². The average molecular weight is 197 g/mol. The molecule has 1 aromatic carbocycles. The first kappa shape index (κ1) is 9.27. The molecule has 14 heavy (non-hydrogen) atoms. The largest absolute Gasteiger partial charge is 0.454 e. The number of halogens is 1. The van der Waals surface area contributed by atoms with Crippen LogP contribution in [-0.4, -0.2) is 20.4 Å². The Morgan fingerprint density at radius 1 is 1.43 bits per heavy atom. The van der Waals surface area contributed by atoms with E-state index in [1.165, 1.54) is 6.07 Å². The number of nitrogens with one attached hydrogen (secondary N) is 1. The van der Waals surface area contributed by atoms with Gasteiger partial charge in [-0.1, -0.05) is 0 Å². The first-order valence-electron chi connectivity index (χ1n) is 4.54. The van der Waals surface area contributed by atoms with Crippen LogP contribution in [0.15, 0.2) is 12.1 Å². The summed E-state index contributed by atoms with van der Waals surface area (Å²) in [4.78, 5) is 0. The molecule has 1 heterocycles. The van der Waals surface area contributed by atoms with Crippen molar-refractivity contribution in [2.75, 3.05) is 20.4 Å². The van der Waals surface area contributed by atoms with Crippen LogP contribution in [0.4, 0.5) is 4.39 Å². The van der Waals surface area contributed by atoms with Crippen LogP contribution in [-0.2, 0) is 6.42 Å². The summed E-state index contributed by atoms with van der Waals surface area (Å²) in [6.45, 7) is 0.905. The molecule has 0 saturated carbocycles. The molecule has 1 N–H and O–H groups in total. The summed E-state index contributed by atoms with van der Waals surface area (Å²) >= 11 is 0. The van der Waals surface area contributed by atoms with E-state index in [0.717, 1.165) is 6.54 Å². The minimum absolute atomic E-state index is 0.186. The Hall–Kier alpha value is -1.29. The number of benzene rings is 1. The van der Waals surface area contributed by atoms with E-state index < -0.39 is 0 Å². The third-order valence-electron chi connectivity index (χ3n) is 2.21. The van der Waals surface area contributed by atoms with Gasteiger partial charge in [-0.25, -0.2) is 4.39 Å². The topological polar surface area (TPSA) is 30.5 Å². The van der Waals surface area contributed by atoms with Gasteiger partial charge >= 0.3 is 0 Å². The third kappa shape index (κ3) is 1.53. The van der Waals surface area contributed by atoms with Crippen LogP contribution in [0.1, 0.15) is 5.56 Å². The van der Waals surface area contributed by atoms with Gasteiger partial charge in [0.2, 0.25) is 6.79 Å². The second-order valence-electron chi connectivity index (χ2n) is 3.11. The van der Waals surface area contributed by atoms with Gasteiger partial charge in [0.15, 0.2) is 11.5 Å². The Morgan fingerprint density at radius 3 is 3.07 bits per heavy atom. The van der Waals surface area contributed by atoms with E-state index in [1.54, 1.807) is 6.07 Å². The van der Waals surface area contributed by atoms with Gasteiger partial charge in [0.1, 0.15) is 5.82 Å². The van der Waals surface area contributed by atoms with E-state index in [4.69, 9.17) is 9.47 Å². The first-order chi connectivity index (χ1) is 6.83. The van der Waals surface area contributed by atoms with Crippen LogP contribution >= 0.6 is 0 Å². The Labute approximate surface area is 81.8 Å². The van der Waals surface area contributed by atoms with E-state index in [2.05, 4.69) is 5.32 Å². The standard InChI is InChI=1S/C10H12FNO2/c1-12-5-4-7-8(11)2-3-9-10(7)14-6-13-9/h2-3,12H,4-6H2,1H3. The molecule has 0 atom stereocenters. The van der Waals surface area contributed by atoms with Crippen LogP contribution in [0.3, 0.4) is 0 Å². The maximum absolute atomic E-state index is 13.4.